The van der Waals surface area contributed by atoms with Crippen LogP contribution in [-0.2, 0) is 16.1 Å². The van der Waals surface area contributed by atoms with E-state index in [0.29, 0.717) is 24.7 Å². The zero-order valence-corrected chi connectivity index (χ0v) is 17.8. The van der Waals surface area contributed by atoms with Gasteiger partial charge in [-0.1, -0.05) is 59.2 Å². The van der Waals surface area contributed by atoms with Crippen molar-refractivity contribution in [3.05, 3.63) is 70.7 Å². The summed E-state index contributed by atoms with van der Waals surface area (Å²) in [6, 6.07) is 17.9. The number of aliphatic hydroxyl groups excluding tert-OH is 1. The van der Waals surface area contributed by atoms with Crippen LogP contribution in [0.1, 0.15) is 31.4 Å². The molecule has 3 rings (SSSR count). The van der Waals surface area contributed by atoms with Crippen LogP contribution in [0.15, 0.2) is 59.8 Å². The summed E-state index contributed by atoms with van der Waals surface area (Å²) in [7, 11) is 0. The average Bonchev–Trinajstić information content (AvgIpc) is 3.16. The minimum Gasteiger partial charge on any atom is -0.390 e. The highest BCUT2D eigenvalue weighted by Crippen LogP contribution is 2.20. The van der Waals surface area contributed by atoms with E-state index < -0.39 is 6.10 Å². The second-order valence-electron chi connectivity index (χ2n) is 7.69. The summed E-state index contributed by atoms with van der Waals surface area (Å²) in [6.07, 6.45) is 0.216. The Morgan fingerprint density at radius 2 is 1.90 bits per heavy atom. The Morgan fingerprint density at radius 3 is 2.59 bits per heavy atom. The van der Waals surface area contributed by atoms with Crippen molar-refractivity contribution in [3.63, 3.8) is 0 Å². The van der Waals surface area contributed by atoms with Crippen LogP contribution in [0, 0.1) is 0 Å². The van der Waals surface area contributed by atoms with Crippen LogP contribution >= 0.6 is 11.6 Å². The topological polar surface area (TPSA) is 54.3 Å². The number of benzene rings is 2. The molecule has 2 atom stereocenters. The average molecular weight is 417 g/mol. The molecule has 2 aromatic carbocycles. The fourth-order valence-electron chi connectivity index (χ4n) is 3.33. The summed E-state index contributed by atoms with van der Waals surface area (Å²) >= 11 is 5.97. The predicted molar refractivity (Wildman–Crippen MR) is 116 cm³/mol. The molecule has 1 aliphatic heterocycles. The highest BCUT2D eigenvalue weighted by atomic mass is 35.5. The van der Waals surface area contributed by atoms with Crippen molar-refractivity contribution in [1.82, 2.24) is 4.90 Å². The summed E-state index contributed by atoms with van der Waals surface area (Å²) < 4.78 is 5.57. The summed E-state index contributed by atoms with van der Waals surface area (Å²) in [4.78, 5) is 7.90. The van der Waals surface area contributed by atoms with Gasteiger partial charge in [0.15, 0.2) is 0 Å². The van der Waals surface area contributed by atoms with Crippen molar-refractivity contribution < 1.29 is 14.7 Å². The lowest BCUT2D eigenvalue weighted by atomic mass is 10.0. The highest BCUT2D eigenvalue weighted by molar-refractivity contribution is 6.30. The summed E-state index contributed by atoms with van der Waals surface area (Å²) in [6.45, 7) is 6.18. The molecule has 0 amide bonds. The molecule has 0 fully saturated rings. The zero-order chi connectivity index (χ0) is 20.6. The third-order valence-corrected chi connectivity index (χ3v) is 4.96. The molecular formula is C23H29ClN2O3. The molecule has 2 aromatic rings. The van der Waals surface area contributed by atoms with Crippen molar-refractivity contribution in [1.29, 1.82) is 0 Å². The van der Waals surface area contributed by atoms with Gasteiger partial charge in [-0.25, -0.2) is 0 Å². The van der Waals surface area contributed by atoms with Gasteiger partial charge in [0.25, 0.3) is 0 Å². The SMILES string of the molecule is CC(C)OC[C@H](O)CN(Cc1ccccc1)C[C@H]1CC(c2ccc(Cl)cc2)=NO1. The van der Waals surface area contributed by atoms with Gasteiger partial charge < -0.3 is 14.7 Å². The molecule has 5 nitrogen and oxygen atoms in total. The number of oxime groups is 1. The predicted octanol–water partition coefficient (Wildman–Crippen LogP) is 4.12. The normalized spacial score (nSPS) is 17.4. The Kier molecular flexibility index (Phi) is 8.07. The van der Waals surface area contributed by atoms with E-state index >= 15 is 0 Å². The molecule has 1 heterocycles. The first-order valence-corrected chi connectivity index (χ1v) is 10.4. The Morgan fingerprint density at radius 1 is 1.17 bits per heavy atom. The maximum Gasteiger partial charge on any atom is 0.145 e. The lowest BCUT2D eigenvalue weighted by Crippen LogP contribution is -2.39. The van der Waals surface area contributed by atoms with Crippen molar-refractivity contribution in [3.8, 4) is 0 Å². The van der Waals surface area contributed by atoms with Crippen LogP contribution in [0.25, 0.3) is 0 Å². The lowest BCUT2D eigenvalue weighted by Gasteiger charge is -2.27. The molecule has 156 valence electrons. The third kappa shape index (κ3) is 7.12. The van der Waals surface area contributed by atoms with E-state index in [0.717, 1.165) is 24.2 Å². The van der Waals surface area contributed by atoms with Gasteiger partial charge in [0.1, 0.15) is 6.10 Å². The van der Waals surface area contributed by atoms with Crippen molar-refractivity contribution in [2.45, 2.75) is 45.1 Å². The number of rotatable bonds is 10. The highest BCUT2D eigenvalue weighted by Gasteiger charge is 2.26. The van der Waals surface area contributed by atoms with Gasteiger partial charge in [0, 0.05) is 31.1 Å². The van der Waals surface area contributed by atoms with E-state index in [9.17, 15) is 5.11 Å². The quantitative estimate of drug-likeness (QED) is 0.633. The fraction of sp³-hybridized carbons (Fsp3) is 0.435. The molecule has 0 radical (unpaired) electrons. The number of nitrogens with zero attached hydrogens (tertiary/aromatic N) is 2. The number of ether oxygens (including phenoxy) is 1. The van der Waals surface area contributed by atoms with Crippen molar-refractivity contribution in [2.75, 3.05) is 19.7 Å². The number of hydrogen-bond acceptors (Lipinski definition) is 5. The molecule has 0 saturated carbocycles. The van der Waals surface area contributed by atoms with E-state index in [4.69, 9.17) is 21.2 Å². The number of halogens is 1. The number of aliphatic hydroxyl groups is 1. The Balaban J connectivity index is 1.59. The van der Waals surface area contributed by atoms with E-state index in [1.807, 2.05) is 56.3 Å². The second-order valence-corrected chi connectivity index (χ2v) is 8.13. The van der Waals surface area contributed by atoms with Gasteiger partial charge in [-0.2, -0.15) is 0 Å². The molecule has 0 spiro atoms. The van der Waals surface area contributed by atoms with Gasteiger partial charge in [-0.3, -0.25) is 4.90 Å². The molecule has 0 aliphatic carbocycles. The second kappa shape index (κ2) is 10.7. The third-order valence-electron chi connectivity index (χ3n) is 4.71. The van der Waals surface area contributed by atoms with E-state index in [-0.39, 0.29) is 12.2 Å². The first-order chi connectivity index (χ1) is 14.0. The van der Waals surface area contributed by atoms with Gasteiger partial charge >= 0.3 is 0 Å². The van der Waals surface area contributed by atoms with Gasteiger partial charge in [0.05, 0.1) is 24.5 Å². The van der Waals surface area contributed by atoms with Crippen LogP contribution < -0.4 is 0 Å². The van der Waals surface area contributed by atoms with Crippen LogP contribution in [0.2, 0.25) is 5.02 Å². The van der Waals surface area contributed by atoms with Crippen LogP contribution in [0.5, 0.6) is 0 Å². The maximum atomic E-state index is 10.4. The Hall–Kier alpha value is -1.92. The van der Waals surface area contributed by atoms with E-state index in [1.54, 1.807) is 0 Å². The molecular weight excluding hydrogens is 388 g/mol. The van der Waals surface area contributed by atoms with Gasteiger partial charge in [-0.05, 0) is 37.1 Å². The van der Waals surface area contributed by atoms with Crippen LogP contribution in [0.3, 0.4) is 0 Å². The molecule has 0 bridgehead atoms. The first kappa shape index (κ1) is 21.8. The van der Waals surface area contributed by atoms with Crippen LogP contribution in [-0.4, -0.2) is 53.7 Å². The lowest BCUT2D eigenvalue weighted by molar-refractivity contribution is -0.0194. The largest absolute Gasteiger partial charge is 0.390 e. The van der Waals surface area contributed by atoms with Crippen molar-refractivity contribution in [2.24, 2.45) is 5.16 Å². The van der Waals surface area contributed by atoms with Crippen LogP contribution in [0.4, 0.5) is 0 Å². The Bertz CT molecular complexity index is 780. The molecule has 29 heavy (non-hydrogen) atoms. The van der Waals surface area contributed by atoms with E-state index in [2.05, 4.69) is 22.2 Å². The molecule has 0 aromatic heterocycles. The number of hydrogen-bond donors (Lipinski definition) is 1. The van der Waals surface area contributed by atoms with E-state index in [1.165, 1.54) is 5.56 Å². The molecule has 1 aliphatic rings. The smallest absolute Gasteiger partial charge is 0.145 e. The summed E-state index contributed by atoms with van der Waals surface area (Å²) in [5.41, 5.74) is 3.15. The molecule has 0 unspecified atom stereocenters. The molecule has 1 N–H and O–H groups in total. The Labute approximate surface area is 177 Å². The molecule has 0 saturated heterocycles. The minimum atomic E-state index is -0.556. The molecule has 6 heteroatoms. The van der Waals surface area contributed by atoms with Gasteiger partial charge in [0.2, 0.25) is 0 Å². The first-order valence-electron chi connectivity index (χ1n) is 10.0. The van der Waals surface area contributed by atoms with Gasteiger partial charge in [-0.15, -0.1) is 0 Å². The van der Waals surface area contributed by atoms with Crippen molar-refractivity contribution >= 4 is 17.3 Å². The minimum absolute atomic E-state index is 0.0531. The monoisotopic (exact) mass is 416 g/mol. The standard InChI is InChI=1S/C23H29ClN2O3/c1-17(2)28-16-21(27)14-26(13-18-6-4-3-5-7-18)15-22-12-23(25-29-22)19-8-10-20(24)11-9-19/h3-11,17,21-22,27H,12-16H2,1-2H3/t21-,22-/m1/s1. The summed E-state index contributed by atoms with van der Waals surface area (Å²) in [5, 5.41) is 15.4. The fourth-order valence-corrected chi connectivity index (χ4v) is 3.45. The maximum absolute atomic E-state index is 10.4. The zero-order valence-electron chi connectivity index (χ0n) is 17.0. The summed E-state index contributed by atoms with van der Waals surface area (Å²) in [5.74, 6) is 0.